The van der Waals surface area contributed by atoms with Crippen molar-refractivity contribution in [2.45, 2.75) is 5.41 Å². The first kappa shape index (κ1) is 31.4. The van der Waals surface area contributed by atoms with Crippen molar-refractivity contribution in [2.75, 3.05) is 0 Å². The first-order chi connectivity index (χ1) is 29.2. The minimum absolute atomic E-state index is 0.500. The second kappa shape index (κ2) is 11.2. The van der Waals surface area contributed by atoms with E-state index in [1.54, 1.807) is 0 Å². The SMILES string of the molecule is c1ccc2c(c1)-c1ccccc1C21c2cc(-c3ccc4c(c3)-c3cccc5cccc(c35)O4)ccc2-c2cc3cccc(-c4ccc5c(c4)oc4ccccc45)c3cc21. The van der Waals surface area contributed by atoms with Gasteiger partial charge < -0.3 is 9.15 Å². The molecule has 1 spiro atoms. The molecule has 11 aromatic rings. The third-order valence-electron chi connectivity index (χ3n) is 13.5. The molecule has 2 heteroatoms. The van der Waals surface area contributed by atoms with Crippen LogP contribution < -0.4 is 4.74 Å². The molecule has 0 N–H and O–H groups in total. The summed E-state index contributed by atoms with van der Waals surface area (Å²) in [6.45, 7) is 0. The predicted octanol–water partition coefficient (Wildman–Crippen LogP) is 15.3. The fraction of sp³-hybridized carbons (Fsp3) is 0.0175. The third kappa shape index (κ3) is 4.05. The lowest BCUT2D eigenvalue weighted by Crippen LogP contribution is -2.26. The summed E-state index contributed by atoms with van der Waals surface area (Å²) in [6, 6.07) is 71.5. The molecule has 0 unspecified atom stereocenters. The Balaban J connectivity index is 1.01. The highest BCUT2D eigenvalue weighted by Gasteiger charge is 2.51. The molecule has 14 rings (SSSR count). The van der Waals surface area contributed by atoms with Gasteiger partial charge in [0.25, 0.3) is 0 Å². The van der Waals surface area contributed by atoms with Gasteiger partial charge in [0.1, 0.15) is 22.7 Å². The second-order valence-corrected chi connectivity index (χ2v) is 16.3. The van der Waals surface area contributed by atoms with E-state index in [9.17, 15) is 0 Å². The van der Waals surface area contributed by atoms with Gasteiger partial charge >= 0.3 is 0 Å². The van der Waals surface area contributed by atoms with Crippen molar-refractivity contribution in [3.05, 3.63) is 216 Å². The van der Waals surface area contributed by atoms with Crippen LogP contribution in [0.4, 0.5) is 0 Å². The lowest BCUT2D eigenvalue weighted by molar-refractivity contribution is 0.487. The number of hydrogen-bond donors (Lipinski definition) is 0. The average molecular weight is 749 g/mol. The van der Waals surface area contributed by atoms with Crippen LogP contribution in [0, 0.1) is 0 Å². The highest BCUT2D eigenvalue weighted by Crippen LogP contribution is 2.64. The van der Waals surface area contributed by atoms with Gasteiger partial charge in [0.05, 0.1) is 5.41 Å². The second-order valence-electron chi connectivity index (χ2n) is 16.3. The van der Waals surface area contributed by atoms with E-state index in [0.717, 1.165) is 44.6 Å². The number of benzene rings is 10. The largest absolute Gasteiger partial charge is 0.456 e. The molecule has 0 bridgehead atoms. The van der Waals surface area contributed by atoms with Gasteiger partial charge in [-0.3, -0.25) is 0 Å². The van der Waals surface area contributed by atoms with Gasteiger partial charge in [-0.15, -0.1) is 0 Å². The van der Waals surface area contributed by atoms with Gasteiger partial charge in [0, 0.05) is 21.7 Å². The normalized spacial score (nSPS) is 13.7. The van der Waals surface area contributed by atoms with Gasteiger partial charge in [-0.2, -0.15) is 0 Å². The van der Waals surface area contributed by atoms with Gasteiger partial charge in [-0.25, -0.2) is 0 Å². The molecule has 2 nitrogen and oxygen atoms in total. The van der Waals surface area contributed by atoms with Gasteiger partial charge in [0.15, 0.2) is 0 Å². The number of hydrogen-bond acceptors (Lipinski definition) is 2. The lowest BCUT2D eigenvalue weighted by atomic mass is 9.70. The Labute approximate surface area is 340 Å². The van der Waals surface area contributed by atoms with E-state index in [0.29, 0.717) is 0 Å². The molecule has 59 heavy (non-hydrogen) atoms. The Morgan fingerprint density at radius 2 is 0.949 bits per heavy atom. The van der Waals surface area contributed by atoms with Crippen LogP contribution in [0.2, 0.25) is 0 Å². The van der Waals surface area contributed by atoms with E-state index >= 15 is 0 Å². The molecule has 1 aromatic heterocycles. The molecule has 0 fully saturated rings. The molecule has 272 valence electrons. The monoisotopic (exact) mass is 748 g/mol. The number of fused-ring (bicyclic) bond motifs is 16. The standard InChI is InChI=1S/C57H32O2/c1-4-18-48-39(13-1)40-14-2-5-19-49(40)57(48)50-30-35(34-24-27-53-47(28-34)44-17-7-10-33-11-9-21-54(58-53)56(33)44)22-25-41(50)46-29-36-12-8-16-38(45(36)32-51(46)57)37-23-26-43-42-15-3-6-20-52(42)59-55(43)31-37/h1-32H. The number of rotatable bonds is 2. The molecule has 10 aromatic carbocycles. The molecule has 0 saturated heterocycles. The zero-order valence-corrected chi connectivity index (χ0v) is 31.8. The maximum atomic E-state index is 6.52. The Morgan fingerprint density at radius 3 is 1.81 bits per heavy atom. The van der Waals surface area contributed by atoms with Crippen molar-refractivity contribution in [1.29, 1.82) is 0 Å². The van der Waals surface area contributed by atoms with Crippen molar-refractivity contribution in [2.24, 2.45) is 0 Å². The van der Waals surface area contributed by atoms with E-state index in [1.165, 1.54) is 88.3 Å². The Bertz CT molecular complexity index is 3610. The van der Waals surface area contributed by atoms with Crippen molar-refractivity contribution in [3.8, 4) is 67.1 Å². The van der Waals surface area contributed by atoms with Gasteiger partial charge in [-0.1, -0.05) is 140 Å². The summed E-state index contributed by atoms with van der Waals surface area (Å²) in [6.07, 6.45) is 0. The third-order valence-corrected chi connectivity index (χ3v) is 13.5. The fourth-order valence-electron chi connectivity index (χ4n) is 11.0. The summed E-state index contributed by atoms with van der Waals surface area (Å²) >= 11 is 0. The van der Waals surface area contributed by atoms with Crippen LogP contribution in [0.15, 0.2) is 199 Å². The summed E-state index contributed by atoms with van der Waals surface area (Å²) in [5.41, 5.74) is 18.9. The maximum absolute atomic E-state index is 6.52. The summed E-state index contributed by atoms with van der Waals surface area (Å²) in [5.74, 6) is 1.81. The zero-order valence-electron chi connectivity index (χ0n) is 31.8. The Kier molecular flexibility index (Phi) is 5.99. The smallest absolute Gasteiger partial charge is 0.136 e. The van der Waals surface area contributed by atoms with Crippen LogP contribution in [0.25, 0.3) is 99.1 Å². The first-order valence-electron chi connectivity index (χ1n) is 20.4. The molecule has 2 aliphatic carbocycles. The van der Waals surface area contributed by atoms with Crippen LogP contribution in [-0.2, 0) is 5.41 Å². The molecule has 0 atom stereocenters. The van der Waals surface area contributed by atoms with Crippen molar-refractivity contribution < 1.29 is 9.15 Å². The quantitative estimate of drug-likeness (QED) is 0.176. The molecule has 2 heterocycles. The van der Waals surface area contributed by atoms with E-state index < -0.39 is 5.41 Å². The fourth-order valence-corrected chi connectivity index (χ4v) is 11.0. The van der Waals surface area contributed by atoms with Crippen LogP contribution >= 0.6 is 0 Å². The average Bonchev–Trinajstić information content (AvgIpc) is 3.91. The van der Waals surface area contributed by atoms with Crippen LogP contribution in [-0.4, -0.2) is 0 Å². The van der Waals surface area contributed by atoms with E-state index in [4.69, 9.17) is 9.15 Å². The Morgan fingerprint density at radius 1 is 0.305 bits per heavy atom. The molecule has 0 saturated carbocycles. The number of furan rings is 1. The summed E-state index contributed by atoms with van der Waals surface area (Å²) in [7, 11) is 0. The van der Waals surface area contributed by atoms with Gasteiger partial charge in [0.2, 0.25) is 0 Å². The summed E-state index contributed by atoms with van der Waals surface area (Å²) in [5, 5.41) is 7.11. The van der Waals surface area contributed by atoms with Gasteiger partial charge in [-0.05, 0) is 143 Å². The molecular weight excluding hydrogens is 717 g/mol. The summed E-state index contributed by atoms with van der Waals surface area (Å²) < 4.78 is 12.9. The summed E-state index contributed by atoms with van der Waals surface area (Å²) in [4.78, 5) is 0. The van der Waals surface area contributed by atoms with Crippen molar-refractivity contribution >= 4 is 43.5 Å². The van der Waals surface area contributed by atoms with E-state index in [1.807, 2.05) is 6.07 Å². The van der Waals surface area contributed by atoms with E-state index in [-0.39, 0.29) is 0 Å². The molecule has 0 amide bonds. The highest BCUT2D eigenvalue weighted by molar-refractivity contribution is 6.09. The zero-order chi connectivity index (χ0) is 38.4. The number of para-hydroxylation sites is 1. The first-order valence-corrected chi connectivity index (χ1v) is 20.4. The predicted molar refractivity (Wildman–Crippen MR) is 241 cm³/mol. The van der Waals surface area contributed by atoms with Crippen LogP contribution in [0.3, 0.4) is 0 Å². The maximum Gasteiger partial charge on any atom is 0.136 e. The van der Waals surface area contributed by atoms with Crippen molar-refractivity contribution in [3.63, 3.8) is 0 Å². The molecule has 1 aliphatic heterocycles. The molecule has 3 aliphatic rings. The van der Waals surface area contributed by atoms with Crippen LogP contribution in [0.1, 0.15) is 22.3 Å². The minimum Gasteiger partial charge on any atom is -0.456 e. The topological polar surface area (TPSA) is 22.4 Å². The van der Waals surface area contributed by atoms with Crippen molar-refractivity contribution in [1.82, 2.24) is 0 Å². The number of ether oxygens (including phenoxy) is 1. The van der Waals surface area contributed by atoms with E-state index in [2.05, 4.69) is 188 Å². The lowest BCUT2D eigenvalue weighted by Gasteiger charge is -2.31. The molecular formula is C57H32O2. The molecule has 0 radical (unpaired) electrons. The minimum atomic E-state index is -0.500. The highest BCUT2D eigenvalue weighted by atomic mass is 16.5. The van der Waals surface area contributed by atoms with Crippen LogP contribution in [0.5, 0.6) is 11.5 Å². The Hall–Kier alpha value is -7.68.